The third-order valence-electron chi connectivity index (χ3n) is 4.14. The highest BCUT2D eigenvalue weighted by atomic mass is 32.2. The van der Waals surface area contributed by atoms with E-state index in [0.29, 0.717) is 5.56 Å². The summed E-state index contributed by atoms with van der Waals surface area (Å²) >= 11 is 0. The standard InChI is InChI=1S/C21H21NO3S/c23-21(19-12-6-2-7-13-19)17-22(16-18-10-4-1-5-11-18)26(24,25)20-14-8-3-9-15-20/h1-15,21,23H,16-17H2/t21-/m0/s1. The van der Waals surface area contributed by atoms with Crippen molar-refractivity contribution in [1.82, 2.24) is 4.31 Å². The lowest BCUT2D eigenvalue weighted by Crippen LogP contribution is -2.34. The first-order valence-electron chi connectivity index (χ1n) is 8.39. The summed E-state index contributed by atoms with van der Waals surface area (Å²) in [5.74, 6) is 0. The highest BCUT2D eigenvalue weighted by Crippen LogP contribution is 2.22. The molecule has 0 radical (unpaired) electrons. The molecule has 0 aliphatic heterocycles. The van der Waals surface area contributed by atoms with Crippen LogP contribution in [0.3, 0.4) is 0 Å². The van der Waals surface area contributed by atoms with Crippen molar-refractivity contribution in [2.75, 3.05) is 6.54 Å². The van der Waals surface area contributed by atoms with E-state index in [9.17, 15) is 13.5 Å². The normalized spacial score (nSPS) is 12.8. The number of benzene rings is 3. The second kappa shape index (κ2) is 8.27. The van der Waals surface area contributed by atoms with Crippen molar-refractivity contribution in [1.29, 1.82) is 0 Å². The third kappa shape index (κ3) is 4.38. The molecule has 4 nitrogen and oxygen atoms in total. The summed E-state index contributed by atoms with van der Waals surface area (Å²) in [7, 11) is -3.73. The van der Waals surface area contributed by atoms with Crippen LogP contribution in [-0.2, 0) is 16.6 Å². The monoisotopic (exact) mass is 367 g/mol. The molecule has 3 aromatic rings. The molecule has 0 saturated carbocycles. The molecule has 134 valence electrons. The van der Waals surface area contributed by atoms with Crippen molar-refractivity contribution >= 4 is 10.0 Å². The van der Waals surface area contributed by atoms with Crippen LogP contribution in [0.5, 0.6) is 0 Å². The van der Waals surface area contributed by atoms with Gasteiger partial charge in [-0.3, -0.25) is 0 Å². The highest BCUT2D eigenvalue weighted by molar-refractivity contribution is 7.89. The molecular weight excluding hydrogens is 346 g/mol. The highest BCUT2D eigenvalue weighted by Gasteiger charge is 2.27. The molecule has 0 fully saturated rings. The maximum absolute atomic E-state index is 13.1. The lowest BCUT2D eigenvalue weighted by Gasteiger charge is -2.25. The Hall–Kier alpha value is -2.47. The van der Waals surface area contributed by atoms with Gasteiger partial charge in [0.05, 0.1) is 11.0 Å². The Balaban J connectivity index is 1.91. The molecule has 0 unspecified atom stereocenters. The van der Waals surface area contributed by atoms with Gasteiger partial charge in [0, 0.05) is 13.1 Å². The fourth-order valence-electron chi connectivity index (χ4n) is 2.75. The SMILES string of the molecule is O=S(=O)(c1ccccc1)N(Cc1ccccc1)C[C@H](O)c1ccccc1. The average molecular weight is 367 g/mol. The zero-order chi connectivity index (χ0) is 18.4. The minimum Gasteiger partial charge on any atom is -0.387 e. The van der Waals surface area contributed by atoms with Gasteiger partial charge in [-0.05, 0) is 23.3 Å². The number of aliphatic hydroxyl groups excluding tert-OH is 1. The number of aliphatic hydroxyl groups is 1. The largest absolute Gasteiger partial charge is 0.387 e. The quantitative estimate of drug-likeness (QED) is 0.694. The molecule has 1 N–H and O–H groups in total. The third-order valence-corrected chi connectivity index (χ3v) is 5.97. The predicted molar refractivity (Wildman–Crippen MR) is 102 cm³/mol. The summed E-state index contributed by atoms with van der Waals surface area (Å²) in [4.78, 5) is 0.219. The van der Waals surface area contributed by atoms with E-state index in [1.807, 2.05) is 48.5 Å². The van der Waals surface area contributed by atoms with Crippen LogP contribution >= 0.6 is 0 Å². The zero-order valence-electron chi connectivity index (χ0n) is 14.3. The zero-order valence-corrected chi connectivity index (χ0v) is 15.1. The van der Waals surface area contributed by atoms with Gasteiger partial charge in [-0.25, -0.2) is 8.42 Å². The maximum Gasteiger partial charge on any atom is 0.243 e. The molecule has 3 aromatic carbocycles. The van der Waals surface area contributed by atoms with Gasteiger partial charge in [0.25, 0.3) is 0 Å². The number of hydrogen-bond acceptors (Lipinski definition) is 3. The van der Waals surface area contributed by atoms with E-state index in [1.165, 1.54) is 4.31 Å². The van der Waals surface area contributed by atoms with E-state index in [2.05, 4.69) is 0 Å². The summed E-state index contributed by atoms with van der Waals surface area (Å²) in [6, 6.07) is 26.8. The van der Waals surface area contributed by atoms with Crippen molar-refractivity contribution < 1.29 is 13.5 Å². The Morgan fingerprint density at radius 1 is 0.769 bits per heavy atom. The Kier molecular flexibility index (Phi) is 5.83. The number of nitrogens with zero attached hydrogens (tertiary/aromatic N) is 1. The maximum atomic E-state index is 13.1. The summed E-state index contributed by atoms with van der Waals surface area (Å²) in [6.07, 6.45) is -0.904. The Labute approximate surface area is 154 Å². The van der Waals surface area contributed by atoms with Gasteiger partial charge >= 0.3 is 0 Å². The van der Waals surface area contributed by atoms with Crippen molar-refractivity contribution in [3.05, 3.63) is 102 Å². The van der Waals surface area contributed by atoms with Gasteiger partial charge in [-0.1, -0.05) is 78.9 Å². The van der Waals surface area contributed by atoms with Gasteiger partial charge in [0.15, 0.2) is 0 Å². The van der Waals surface area contributed by atoms with Crippen LogP contribution in [0.2, 0.25) is 0 Å². The second-order valence-electron chi connectivity index (χ2n) is 6.02. The van der Waals surface area contributed by atoms with Gasteiger partial charge in [0.2, 0.25) is 10.0 Å². The molecule has 0 saturated heterocycles. The Morgan fingerprint density at radius 2 is 1.27 bits per heavy atom. The van der Waals surface area contributed by atoms with Crippen LogP contribution in [0.4, 0.5) is 0 Å². The van der Waals surface area contributed by atoms with Gasteiger partial charge in [0.1, 0.15) is 0 Å². The van der Waals surface area contributed by atoms with Crippen LogP contribution in [0.1, 0.15) is 17.2 Å². The summed E-state index contributed by atoms with van der Waals surface area (Å²) in [5.41, 5.74) is 1.56. The second-order valence-corrected chi connectivity index (χ2v) is 7.96. The summed E-state index contributed by atoms with van der Waals surface area (Å²) in [6.45, 7) is 0.179. The molecule has 0 amide bonds. The van der Waals surface area contributed by atoms with Crippen LogP contribution in [0, 0.1) is 0 Å². The minimum atomic E-state index is -3.73. The van der Waals surface area contributed by atoms with Crippen molar-refractivity contribution in [2.24, 2.45) is 0 Å². The fourth-order valence-corrected chi connectivity index (χ4v) is 4.21. The Morgan fingerprint density at radius 3 is 1.85 bits per heavy atom. The Bertz CT molecular complexity index is 913. The summed E-state index contributed by atoms with van der Waals surface area (Å²) in [5, 5.41) is 10.6. The number of hydrogen-bond donors (Lipinski definition) is 1. The van der Waals surface area contributed by atoms with Gasteiger partial charge < -0.3 is 5.11 Å². The number of rotatable bonds is 7. The first kappa shape index (κ1) is 18.3. The molecular formula is C21H21NO3S. The van der Waals surface area contributed by atoms with Gasteiger partial charge in [-0.15, -0.1) is 0 Å². The van der Waals surface area contributed by atoms with Crippen LogP contribution in [0.15, 0.2) is 95.9 Å². The molecule has 26 heavy (non-hydrogen) atoms. The van der Waals surface area contributed by atoms with E-state index < -0.39 is 16.1 Å². The van der Waals surface area contributed by atoms with Crippen molar-refractivity contribution in [3.63, 3.8) is 0 Å². The first-order chi connectivity index (χ1) is 12.6. The molecule has 1 atom stereocenters. The van der Waals surface area contributed by atoms with E-state index >= 15 is 0 Å². The minimum absolute atomic E-state index is 0.0177. The van der Waals surface area contributed by atoms with Crippen LogP contribution in [-0.4, -0.2) is 24.4 Å². The smallest absolute Gasteiger partial charge is 0.243 e. The van der Waals surface area contributed by atoms with E-state index in [0.717, 1.165) is 5.56 Å². The van der Waals surface area contributed by atoms with Crippen molar-refractivity contribution in [2.45, 2.75) is 17.5 Å². The molecule has 3 rings (SSSR count). The number of sulfonamides is 1. The van der Waals surface area contributed by atoms with Crippen molar-refractivity contribution in [3.8, 4) is 0 Å². The van der Waals surface area contributed by atoms with Crippen LogP contribution in [0.25, 0.3) is 0 Å². The van der Waals surface area contributed by atoms with E-state index in [-0.39, 0.29) is 18.0 Å². The van der Waals surface area contributed by atoms with Crippen LogP contribution < -0.4 is 0 Å². The fraction of sp³-hybridized carbons (Fsp3) is 0.143. The molecule has 0 heterocycles. The van der Waals surface area contributed by atoms with E-state index in [1.54, 1.807) is 42.5 Å². The average Bonchev–Trinajstić information content (AvgIpc) is 2.69. The predicted octanol–water partition coefficient (Wildman–Crippen LogP) is 3.61. The molecule has 5 heteroatoms. The molecule has 0 bridgehead atoms. The lowest BCUT2D eigenvalue weighted by atomic mass is 10.1. The molecule has 0 aliphatic carbocycles. The van der Waals surface area contributed by atoms with E-state index in [4.69, 9.17) is 0 Å². The molecule has 0 aromatic heterocycles. The summed E-state index contributed by atoms with van der Waals surface area (Å²) < 4.78 is 27.6. The topological polar surface area (TPSA) is 57.6 Å². The van der Waals surface area contributed by atoms with Gasteiger partial charge in [-0.2, -0.15) is 4.31 Å². The molecule has 0 aliphatic rings. The lowest BCUT2D eigenvalue weighted by molar-refractivity contribution is 0.145. The first-order valence-corrected chi connectivity index (χ1v) is 9.83. The molecule has 0 spiro atoms.